The molecule has 2 aromatic rings. The van der Waals surface area contributed by atoms with Crippen LogP contribution in [0.3, 0.4) is 0 Å². The van der Waals surface area contributed by atoms with Gasteiger partial charge in [0.1, 0.15) is 11.5 Å². The molecule has 0 bridgehead atoms. The fourth-order valence-corrected chi connectivity index (χ4v) is 2.15. The molecular weight excluding hydrogens is 297 g/mol. The van der Waals surface area contributed by atoms with E-state index in [1.54, 1.807) is 18.2 Å². The van der Waals surface area contributed by atoms with Crippen LogP contribution in [0.25, 0.3) is 11.1 Å². The molecule has 1 N–H and O–H groups in total. The maximum atomic E-state index is 12.8. The van der Waals surface area contributed by atoms with Crippen LogP contribution in [0.1, 0.15) is 11.1 Å². The quantitative estimate of drug-likeness (QED) is 0.931. The van der Waals surface area contributed by atoms with Crippen LogP contribution in [-0.4, -0.2) is 19.3 Å². The highest BCUT2D eigenvalue weighted by atomic mass is 19.4. The van der Waals surface area contributed by atoms with E-state index < -0.39 is 18.3 Å². The van der Waals surface area contributed by atoms with Crippen molar-refractivity contribution in [3.63, 3.8) is 0 Å². The van der Waals surface area contributed by atoms with Crippen molar-refractivity contribution in [1.82, 2.24) is 0 Å². The largest absolute Gasteiger partial charge is 0.497 e. The molecule has 2 rings (SSSR count). The first-order valence-electron chi connectivity index (χ1n) is 6.43. The minimum Gasteiger partial charge on any atom is -0.497 e. The second-order valence-corrected chi connectivity index (χ2v) is 4.63. The third kappa shape index (κ3) is 3.33. The summed E-state index contributed by atoms with van der Waals surface area (Å²) >= 11 is 0. The molecule has 0 fully saturated rings. The predicted octanol–water partition coefficient (Wildman–Crippen LogP) is 3.88. The topological polar surface area (TPSA) is 38.7 Å². The van der Waals surface area contributed by atoms with Crippen molar-refractivity contribution < 1.29 is 27.8 Å². The number of aliphatic hydroxyl groups is 1. The lowest BCUT2D eigenvalue weighted by atomic mass is 9.97. The Bertz CT molecular complexity index is 644. The van der Waals surface area contributed by atoms with E-state index in [-0.39, 0.29) is 5.56 Å². The Morgan fingerprint density at radius 2 is 1.55 bits per heavy atom. The standard InChI is InChI=1S/C16H15F3O3/c1-21-13-6-10(7-14(8-13)22-2)15-4-3-12(16(17,18)19)5-11(15)9-20/h3-8,20H,9H2,1-2H3. The second kappa shape index (κ2) is 6.27. The zero-order valence-corrected chi connectivity index (χ0v) is 12.1. The molecule has 0 saturated carbocycles. The first-order chi connectivity index (χ1) is 10.4. The minimum atomic E-state index is -4.45. The van der Waals surface area contributed by atoms with E-state index >= 15 is 0 Å². The number of alkyl halides is 3. The van der Waals surface area contributed by atoms with Crippen molar-refractivity contribution >= 4 is 0 Å². The van der Waals surface area contributed by atoms with Crippen LogP contribution in [0, 0.1) is 0 Å². The maximum Gasteiger partial charge on any atom is 0.416 e. The summed E-state index contributed by atoms with van der Waals surface area (Å²) in [6, 6.07) is 8.27. The lowest BCUT2D eigenvalue weighted by molar-refractivity contribution is -0.137. The zero-order chi connectivity index (χ0) is 16.3. The number of halogens is 3. The molecule has 0 spiro atoms. The highest BCUT2D eigenvalue weighted by molar-refractivity contribution is 5.71. The molecule has 0 unspecified atom stereocenters. The number of hydrogen-bond acceptors (Lipinski definition) is 3. The summed E-state index contributed by atoms with van der Waals surface area (Å²) in [6.45, 7) is -0.501. The first kappa shape index (κ1) is 16.2. The third-order valence-electron chi connectivity index (χ3n) is 3.27. The Morgan fingerprint density at radius 1 is 0.955 bits per heavy atom. The second-order valence-electron chi connectivity index (χ2n) is 4.63. The van der Waals surface area contributed by atoms with Crippen molar-refractivity contribution in [3.05, 3.63) is 47.5 Å². The average molecular weight is 312 g/mol. The van der Waals surface area contributed by atoms with Gasteiger partial charge in [0.15, 0.2) is 0 Å². The van der Waals surface area contributed by atoms with Crippen LogP contribution in [0.2, 0.25) is 0 Å². The van der Waals surface area contributed by atoms with Crippen molar-refractivity contribution in [2.24, 2.45) is 0 Å². The molecule has 0 aliphatic carbocycles. The molecule has 0 amide bonds. The molecule has 0 radical (unpaired) electrons. The fraction of sp³-hybridized carbons (Fsp3) is 0.250. The number of hydrogen-bond donors (Lipinski definition) is 1. The van der Waals surface area contributed by atoms with Crippen molar-refractivity contribution in [2.45, 2.75) is 12.8 Å². The maximum absolute atomic E-state index is 12.8. The van der Waals surface area contributed by atoms with Crippen LogP contribution in [0.5, 0.6) is 11.5 Å². The molecule has 0 heterocycles. The van der Waals surface area contributed by atoms with Gasteiger partial charge in [-0.05, 0) is 41.0 Å². The molecule has 3 nitrogen and oxygen atoms in total. The number of aliphatic hydroxyl groups excluding tert-OH is 1. The van der Waals surface area contributed by atoms with Crippen LogP contribution in [-0.2, 0) is 12.8 Å². The minimum absolute atomic E-state index is 0.185. The molecular formula is C16H15F3O3. The SMILES string of the molecule is COc1cc(OC)cc(-c2ccc(C(F)(F)F)cc2CO)c1. The highest BCUT2D eigenvalue weighted by Crippen LogP contribution is 2.36. The molecule has 0 saturated heterocycles. The predicted molar refractivity (Wildman–Crippen MR) is 75.9 cm³/mol. The van der Waals surface area contributed by atoms with Gasteiger partial charge in [-0.2, -0.15) is 13.2 Å². The summed E-state index contributed by atoms with van der Waals surface area (Å²) in [5.74, 6) is 1.02. The first-order valence-corrected chi connectivity index (χ1v) is 6.43. The van der Waals surface area contributed by atoms with Gasteiger partial charge >= 0.3 is 6.18 Å². The molecule has 0 aliphatic heterocycles. The number of benzene rings is 2. The lowest BCUT2D eigenvalue weighted by Gasteiger charge is -2.14. The van der Waals surface area contributed by atoms with Gasteiger partial charge in [-0.15, -0.1) is 0 Å². The van der Waals surface area contributed by atoms with Gasteiger partial charge in [0.25, 0.3) is 0 Å². The van der Waals surface area contributed by atoms with Crippen molar-refractivity contribution in [3.8, 4) is 22.6 Å². The van der Waals surface area contributed by atoms with Crippen LogP contribution in [0.15, 0.2) is 36.4 Å². The van der Waals surface area contributed by atoms with Gasteiger partial charge in [-0.1, -0.05) is 6.07 Å². The Kier molecular flexibility index (Phi) is 4.61. The van der Waals surface area contributed by atoms with Crippen molar-refractivity contribution in [1.29, 1.82) is 0 Å². The monoisotopic (exact) mass is 312 g/mol. The smallest absolute Gasteiger partial charge is 0.416 e. The van der Waals surface area contributed by atoms with Gasteiger partial charge in [-0.3, -0.25) is 0 Å². The lowest BCUT2D eigenvalue weighted by Crippen LogP contribution is -2.06. The van der Waals surface area contributed by atoms with E-state index in [0.29, 0.717) is 22.6 Å². The molecule has 2 aromatic carbocycles. The number of rotatable bonds is 4. The molecule has 0 atom stereocenters. The summed E-state index contributed by atoms with van der Waals surface area (Å²) in [7, 11) is 2.97. The Hall–Kier alpha value is -2.21. The van der Waals surface area contributed by atoms with Crippen LogP contribution >= 0.6 is 0 Å². The van der Waals surface area contributed by atoms with E-state index in [1.807, 2.05) is 0 Å². The fourth-order valence-electron chi connectivity index (χ4n) is 2.15. The van der Waals surface area contributed by atoms with Gasteiger partial charge in [-0.25, -0.2) is 0 Å². The third-order valence-corrected chi connectivity index (χ3v) is 3.27. The zero-order valence-electron chi connectivity index (χ0n) is 12.1. The van der Waals surface area contributed by atoms with E-state index in [2.05, 4.69) is 0 Å². The average Bonchev–Trinajstić information content (AvgIpc) is 2.52. The van der Waals surface area contributed by atoms with Crippen LogP contribution in [0.4, 0.5) is 13.2 Å². The van der Waals surface area contributed by atoms with E-state index in [0.717, 1.165) is 12.1 Å². The summed E-state index contributed by atoms with van der Waals surface area (Å²) in [6.07, 6.45) is -4.45. The summed E-state index contributed by atoms with van der Waals surface area (Å²) in [4.78, 5) is 0. The normalized spacial score (nSPS) is 11.4. The number of ether oxygens (including phenoxy) is 2. The van der Waals surface area contributed by atoms with Crippen LogP contribution < -0.4 is 9.47 Å². The van der Waals surface area contributed by atoms with Gasteiger partial charge < -0.3 is 14.6 Å². The van der Waals surface area contributed by atoms with Crippen molar-refractivity contribution in [2.75, 3.05) is 14.2 Å². The molecule has 118 valence electrons. The van der Waals surface area contributed by atoms with E-state index in [9.17, 15) is 18.3 Å². The Morgan fingerprint density at radius 3 is 2.00 bits per heavy atom. The van der Waals surface area contributed by atoms with E-state index in [4.69, 9.17) is 9.47 Å². The Labute approximate surface area is 125 Å². The molecule has 22 heavy (non-hydrogen) atoms. The summed E-state index contributed by atoms with van der Waals surface area (Å²) in [5, 5.41) is 9.39. The van der Waals surface area contributed by atoms with E-state index in [1.165, 1.54) is 20.3 Å². The summed E-state index contributed by atoms with van der Waals surface area (Å²) < 4.78 is 48.6. The van der Waals surface area contributed by atoms with Gasteiger partial charge in [0.05, 0.1) is 26.4 Å². The van der Waals surface area contributed by atoms with Gasteiger partial charge in [0.2, 0.25) is 0 Å². The summed E-state index contributed by atoms with van der Waals surface area (Å²) in [5.41, 5.74) is 0.488. The van der Waals surface area contributed by atoms with Gasteiger partial charge in [0, 0.05) is 6.07 Å². The molecule has 6 heteroatoms. The number of methoxy groups -OCH3 is 2. The molecule has 0 aromatic heterocycles. The molecule has 0 aliphatic rings. The Balaban J connectivity index is 2.57. The highest BCUT2D eigenvalue weighted by Gasteiger charge is 2.31.